The Labute approximate surface area is 171 Å². The van der Waals surface area contributed by atoms with Crippen LogP contribution in [0.5, 0.6) is 0 Å². The van der Waals surface area contributed by atoms with Gasteiger partial charge < -0.3 is 15.4 Å². The van der Waals surface area contributed by atoms with Crippen LogP contribution in [-0.4, -0.2) is 47.2 Å². The van der Waals surface area contributed by atoms with Crippen LogP contribution in [0, 0.1) is 11.8 Å². The maximum absolute atomic E-state index is 12.3. The summed E-state index contributed by atoms with van der Waals surface area (Å²) in [5.41, 5.74) is 0.238. The van der Waals surface area contributed by atoms with E-state index in [-0.39, 0.29) is 47.7 Å². The van der Waals surface area contributed by atoms with Gasteiger partial charge >= 0.3 is 5.97 Å². The van der Waals surface area contributed by atoms with Crippen molar-refractivity contribution in [2.75, 3.05) is 12.4 Å². The number of carbonyl (C=O) groups excluding carboxylic acids is 3. The maximum atomic E-state index is 12.3. The molecule has 8 heteroatoms. The summed E-state index contributed by atoms with van der Waals surface area (Å²) in [6.45, 7) is 11.5. The molecule has 7 nitrogen and oxygen atoms in total. The summed E-state index contributed by atoms with van der Waals surface area (Å²) in [6, 6.07) is 3.24. The van der Waals surface area contributed by atoms with E-state index in [9.17, 15) is 14.4 Å². The summed E-state index contributed by atoms with van der Waals surface area (Å²) in [5.74, 6) is -0.364. The lowest BCUT2D eigenvalue weighted by Crippen LogP contribution is -2.38. The molecule has 1 heterocycles. The van der Waals surface area contributed by atoms with Gasteiger partial charge in [-0.15, -0.1) is 0 Å². The van der Waals surface area contributed by atoms with Crippen molar-refractivity contribution in [1.29, 1.82) is 0 Å². The molecule has 0 bridgehead atoms. The topological polar surface area (TPSA) is 97.4 Å². The fourth-order valence-electron chi connectivity index (χ4n) is 1.93. The van der Waals surface area contributed by atoms with Crippen molar-refractivity contribution in [3.8, 4) is 0 Å². The van der Waals surface area contributed by atoms with Crippen LogP contribution in [0.3, 0.4) is 0 Å². The predicted molar refractivity (Wildman–Crippen MR) is 110 cm³/mol. The van der Waals surface area contributed by atoms with Crippen LogP contribution in [0.2, 0.25) is 0 Å². The van der Waals surface area contributed by atoms with Gasteiger partial charge in [0.1, 0.15) is 5.03 Å². The molecular formula is C20H31N3O4S. The number of thioether (sulfide) groups is 1. The van der Waals surface area contributed by atoms with Gasteiger partial charge in [-0.1, -0.05) is 39.5 Å². The van der Waals surface area contributed by atoms with Crippen molar-refractivity contribution in [3.63, 3.8) is 0 Å². The SMILES string of the molecule is CC(C)[C@H](C)NC(=O)COC(=O)c1cccnc1SCC(=O)N[C@H](C)C(C)C. The number of esters is 1. The summed E-state index contributed by atoms with van der Waals surface area (Å²) in [6.07, 6.45) is 1.55. The van der Waals surface area contributed by atoms with E-state index in [1.165, 1.54) is 0 Å². The molecule has 0 spiro atoms. The second-order valence-corrected chi connectivity index (χ2v) is 8.39. The van der Waals surface area contributed by atoms with E-state index in [4.69, 9.17) is 4.74 Å². The van der Waals surface area contributed by atoms with Gasteiger partial charge in [0, 0.05) is 18.3 Å². The number of aromatic nitrogens is 1. The van der Waals surface area contributed by atoms with Crippen LogP contribution >= 0.6 is 11.8 Å². The smallest absolute Gasteiger partial charge is 0.341 e. The van der Waals surface area contributed by atoms with Gasteiger partial charge in [0.25, 0.3) is 5.91 Å². The first-order valence-corrected chi connectivity index (χ1v) is 10.4. The van der Waals surface area contributed by atoms with Gasteiger partial charge in [-0.3, -0.25) is 9.59 Å². The average molecular weight is 410 g/mol. The summed E-state index contributed by atoms with van der Waals surface area (Å²) in [7, 11) is 0. The first-order chi connectivity index (χ1) is 13.1. The van der Waals surface area contributed by atoms with Crippen molar-refractivity contribution in [2.45, 2.75) is 58.7 Å². The standard InChI is InChI=1S/C20H31N3O4S/c1-12(2)14(5)22-17(24)10-27-20(26)16-8-7-9-21-19(16)28-11-18(25)23-15(6)13(3)4/h7-9,12-15H,10-11H2,1-6H3,(H,22,24)(H,23,25)/t14-,15+/m0/s1. The van der Waals surface area contributed by atoms with Crippen LogP contribution in [0.15, 0.2) is 23.4 Å². The highest BCUT2D eigenvalue weighted by Crippen LogP contribution is 2.20. The normalized spacial score (nSPS) is 13.1. The molecule has 0 aliphatic heterocycles. The lowest BCUT2D eigenvalue weighted by Gasteiger charge is -2.17. The van der Waals surface area contributed by atoms with Crippen LogP contribution in [-0.2, 0) is 14.3 Å². The zero-order valence-corrected chi connectivity index (χ0v) is 18.3. The fraction of sp³-hybridized carbons (Fsp3) is 0.600. The molecule has 156 valence electrons. The maximum Gasteiger partial charge on any atom is 0.341 e. The molecule has 0 fully saturated rings. The molecule has 0 aromatic carbocycles. The van der Waals surface area contributed by atoms with E-state index in [1.807, 2.05) is 41.5 Å². The zero-order chi connectivity index (χ0) is 21.3. The lowest BCUT2D eigenvalue weighted by molar-refractivity contribution is -0.125. The summed E-state index contributed by atoms with van der Waals surface area (Å²) in [5, 5.41) is 6.09. The third kappa shape index (κ3) is 8.29. The Kier molecular flexibility index (Phi) is 9.99. The van der Waals surface area contributed by atoms with E-state index in [1.54, 1.807) is 18.3 Å². The molecule has 2 amide bonds. The van der Waals surface area contributed by atoms with E-state index in [0.717, 1.165) is 11.8 Å². The molecular weight excluding hydrogens is 378 g/mol. The second kappa shape index (κ2) is 11.7. The number of hydrogen-bond donors (Lipinski definition) is 2. The highest BCUT2D eigenvalue weighted by Gasteiger charge is 2.18. The molecule has 0 aliphatic rings. The lowest BCUT2D eigenvalue weighted by atomic mass is 10.1. The zero-order valence-electron chi connectivity index (χ0n) is 17.4. The number of carbonyl (C=O) groups is 3. The molecule has 0 radical (unpaired) electrons. The average Bonchev–Trinajstić information content (AvgIpc) is 2.64. The number of hydrogen-bond acceptors (Lipinski definition) is 6. The summed E-state index contributed by atoms with van der Waals surface area (Å²) >= 11 is 1.16. The molecule has 2 atom stereocenters. The molecule has 1 rings (SSSR count). The van der Waals surface area contributed by atoms with E-state index < -0.39 is 5.97 Å². The Hall–Kier alpha value is -2.09. The first kappa shape index (κ1) is 23.9. The molecule has 0 saturated carbocycles. The third-order valence-electron chi connectivity index (χ3n) is 4.44. The molecule has 28 heavy (non-hydrogen) atoms. The van der Waals surface area contributed by atoms with Crippen LogP contribution in [0.1, 0.15) is 51.9 Å². The van der Waals surface area contributed by atoms with Crippen molar-refractivity contribution in [2.24, 2.45) is 11.8 Å². The Morgan fingerprint density at radius 1 is 1.00 bits per heavy atom. The Bertz CT molecular complexity index is 679. The molecule has 0 saturated heterocycles. The minimum absolute atomic E-state index is 0.0116. The number of ether oxygens (including phenoxy) is 1. The number of nitrogens with zero attached hydrogens (tertiary/aromatic N) is 1. The Balaban J connectivity index is 2.61. The minimum atomic E-state index is -0.640. The summed E-state index contributed by atoms with van der Waals surface area (Å²) in [4.78, 5) is 40.5. The number of amides is 2. The summed E-state index contributed by atoms with van der Waals surface area (Å²) < 4.78 is 5.11. The van der Waals surface area contributed by atoms with E-state index in [0.29, 0.717) is 10.9 Å². The Morgan fingerprint density at radius 3 is 2.14 bits per heavy atom. The predicted octanol–water partition coefficient (Wildman–Crippen LogP) is 2.65. The van der Waals surface area contributed by atoms with Crippen molar-refractivity contribution < 1.29 is 19.1 Å². The van der Waals surface area contributed by atoms with Gasteiger partial charge in [-0.2, -0.15) is 0 Å². The largest absolute Gasteiger partial charge is 0.452 e. The van der Waals surface area contributed by atoms with Gasteiger partial charge in [0.15, 0.2) is 6.61 Å². The van der Waals surface area contributed by atoms with Gasteiger partial charge in [0.2, 0.25) is 5.91 Å². The van der Waals surface area contributed by atoms with Crippen LogP contribution in [0.4, 0.5) is 0 Å². The quantitative estimate of drug-likeness (QED) is 0.455. The van der Waals surface area contributed by atoms with Gasteiger partial charge in [-0.25, -0.2) is 9.78 Å². The number of nitrogens with one attached hydrogen (secondary N) is 2. The highest BCUT2D eigenvalue weighted by molar-refractivity contribution is 8.00. The first-order valence-electron chi connectivity index (χ1n) is 9.45. The van der Waals surface area contributed by atoms with Crippen molar-refractivity contribution in [1.82, 2.24) is 15.6 Å². The van der Waals surface area contributed by atoms with Crippen LogP contribution < -0.4 is 10.6 Å². The molecule has 1 aromatic heterocycles. The van der Waals surface area contributed by atoms with Crippen molar-refractivity contribution >= 4 is 29.5 Å². The number of rotatable bonds is 10. The third-order valence-corrected chi connectivity index (χ3v) is 5.45. The van der Waals surface area contributed by atoms with Gasteiger partial charge in [0.05, 0.1) is 11.3 Å². The Morgan fingerprint density at radius 2 is 1.57 bits per heavy atom. The molecule has 0 unspecified atom stereocenters. The van der Waals surface area contributed by atoms with E-state index >= 15 is 0 Å². The molecule has 0 aliphatic carbocycles. The minimum Gasteiger partial charge on any atom is -0.452 e. The molecule has 1 aromatic rings. The monoisotopic (exact) mass is 409 g/mol. The highest BCUT2D eigenvalue weighted by atomic mass is 32.2. The van der Waals surface area contributed by atoms with Gasteiger partial charge in [-0.05, 0) is 37.8 Å². The second-order valence-electron chi connectivity index (χ2n) is 7.42. The number of pyridine rings is 1. The fourth-order valence-corrected chi connectivity index (χ4v) is 2.72. The van der Waals surface area contributed by atoms with Crippen molar-refractivity contribution in [3.05, 3.63) is 23.9 Å². The van der Waals surface area contributed by atoms with Crippen LogP contribution in [0.25, 0.3) is 0 Å². The molecule has 2 N–H and O–H groups in total. The van der Waals surface area contributed by atoms with E-state index in [2.05, 4.69) is 15.6 Å².